The lowest BCUT2D eigenvalue weighted by Crippen LogP contribution is -2.30. The molecule has 1 aromatic rings. The van der Waals surface area contributed by atoms with Gasteiger partial charge in [-0.05, 0) is 37.1 Å². The number of carbonyl (C=O) groups excluding carboxylic acids is 2. The van der Waals surface area contributed by atoms with Gasteiger partial charge in [0, 0.05) is 31.3 Å². The third-order valence-electron chi connectivity index (χ3n) is 3.73. The summed E-state index contributed by atoms with van der Waals surface area (Å²) in [6.07, 6.45) is -3.87. The van der Waals surface area contributed by atoms with Gasteiger partial charge in [0.2, 0.25) is 5.91 Å². The topological polar surface area (TPSA) is 75.4 Å². The SMILES string of the molecule is CC(=O)Nc1cc(C(=O)N2CCC(CN)C2)cc(C(F)(F)F)c1.Cl. The number of nitrogens with two attached hydrogens (primary N) is 1. The highest BCUT2D eigenvalue weighted by atomic mass is 35.5. The van der Waals surface area contributed by atoms with Crippen molar-refractivity contribution in [2.24, 2.45) is 11.7 Å². The summed E-state index contributed by atoms with van der Waals surface area (Å²) in [5.74, 6) is -0.828. The van der Waals surface area contributed by atoms with Gasteiger partial charge in [-0.3, -0.25) is 9.59 Å². The molecular weight excluding hydrogens is 347 g/mol. The molecule has 1 aromatic carbocycles. The average molecular weight is 366 g/mol. The zero-order valence-electron chi connectivity index (χ0n) is 13.0. The first-order chi connectivity index (χ1) is 10.7. The Kier molecular flexibility index (Phi) is 6.62. The summed E-state index contributed by atoms with van der Waals surface area (Å²) >= 11 is 0. The van der Waals surface area contributed by atoms with Crippen LogP contribution in [0.4, 0.5) is 18.9 Å². The van der Waals surface area contributed by atoms with Crippen LogP contribution in [0.15, 0.2) is 18.2 Å². The molecule has 24 heavy (non-hydrogen) atoms. The molecule has 1 heterocycles. The number of halogens is 4. The number of hydrogen-bond acceptors (Lipinski definition) is 3. The molecule has 0 saturated carbocycles. The first kappa shape index (κ1) is 20.2. The van der Waals surface area contributed by atoms with Crippen molar-refractivity contribution in [3.05, 3.63) is 29.3 Å². The summed E-state index contributed by atoms with van der Waals surface area (Å²) in [4.78, 5) is 25.0. The van der Waals surface area contributed by atoms with Gasteiger partial charge in [-0.15, -0.1) is 12.4 Å². The fourth-order valence-electron chi connectivity index (χ4n) is 2.58. The predicted molar refractivity (Wildman–Crippen MR) is 86.1 cm³/mol. The quantitative estimate of drug-likeness (QED) is 0.864. The van der Waals surface area contributed by atoms with Crippen LogP contribution < -0.4 is 11.1 Å². The van der Waals surface area contributed by atoms with Crippen LogP contribution in [-0.4, -0.2) is 36.3 Å². The lowest BCUT2D eigenvalue weighted by Gasteiger charge is -2.18. The third-order valence-corrected chi connectivity index (χ3v) is 3.73. The third kappa shape index (κ3) is 4.85. The average Bonchev–Trinajstić information content (AvgIpc) is 2.93. The van der Waals surface area contributed by atoms with Crippen LogP contribution in [0, 0.1) is 5.92 Å². The molecule has 1 atom stereocenters. The van der Waals surface area contributed by atoms with E-state index in [-0.39, 0.29) is 29.6 Å². The Morgan fingerprint density at radius 3 is 2.50 bits per heavy atom. The Bertz CT molecular complexity index is 622. The zero-order chi connectivity index (χ0) is 17.2. The van der Waals surface area contributed by atoms with Gasteiger partial charge < -0.3 is 16.0 Å². The maximum absolute atomic E-state index is 13.0. The van der Waals surface area contributed by atoms with E-state index in [0.717, 1.165) is 18.6 Å². The first-order valence-corrected chi connectivity index (χ1v) is 7.20. The van der Waals surface area contributed by atoms with E-state index in [2.05, 4.69) is 5.32 Å². The Balaban J connectivity index is 0.00000288. The van der Waals surface area contributed by atoms with Crippen LogP contribution >= 0.6 is 12.4 Å². The van der Waals surface area contributed by atoms with Crippen LogP contribution in [-0.2, 0) is 11.0 Å². The second kappa shape index (κ2) is 7.85. The van der Waals surface area contributed by atoms with E-state index in [0.29, 0.717) is 19.6 Å². The van der Waals surface area contributed by atoms with Crippen molar-refractivity contribution >= 4 is 29.9 Å². The second-order valence-electron chi connectivity index (χ2n) is 5.62. The highest BCUT2D eigenvalue weighted by molar-refractivity contribution is 5.97. The van der Waals surface area contributed by atoms with E-state index in [4.69, 9.17) is 5.73 Å². The van der Waals surface area contributed by atoms with Gasteiger partial charge in [-0.25, -0.2) is 0 Å². The minimum atomic E-state index is -4.60. The molecule has 3 N–H and O–H groups in total. The van der Waals surface area contributed by atoms with Gasteiger partial charge in [0.25, 0.3) is 5.91 Å². The first-order valence-electron chi connectivity index (χ1n) is 7.20. The summed E-state index contributed by atoms with van der Waals surface area (Å²) in [6.45, 7) is 2.52. The molecule has 1 aliphatic rings. The van der Waals surface area contributed by atoms with Crippen LogP contribution in [0.25, 0.3) is 0 Å². The molecule has 1 fully saturated rings. The molecule has 134 valence electrons. The summed E-state index contributed by atoms with van der Waals surface area (Å²) in [7, 11) is 0. The van der Waals surface area contributed by atoms with E-state index in [1.54, 1.807) is 0 Å². The normalized spacial score (nSPS) is 17.4. The fraction of sp³-hybridized carbons (Fsp3) is 0.467. The van der Waals surface area contributed by atoms with Crippen LogP contribution in [0.1, 0.15) is 29.3 Å². The van der Waals surface area contributed by atoms with Crippen LogP contribution in [0.2, 0.25) is 0 Å². The molecule has 0 aliphatic carbocycles. The van der Waals surface area contributed by atoms with Crippen molar-refractivity contribution < 1.29 is 22.8 Å². The standard InChI is InChI=1S/C15H18F3N3O2.ClH/c1-9(22)20-13-5-11(4-12(6-13)15(16,17)18)14(23)21-3-2-10(7-19)8-21;/h4-6,10H,2-3,7-8,19H2,1H3,(H,20,22);1H. The van der Waals surface area contributed by atoms with E-state index in [1.807, 2.05) is 0 Å². The molecular formula is C15H19ClF3N3O2. The summed E-state index contributed by atoms with van der Waals surface area (Å²) in [5.41, 5.74) is 4.44. The Morgan fingerprint density at radius 2 is 2.00 bits per heavy atom. The molecule has 0 spiro atoms. The van der Waals surface area contributed by atoms with Crippen molar-refractivity contribution in [1.82, 2.24) is 4.90 Å². The number of carbonyl (C=O) groups is 2. The fourth-order valence-corrected chi connectivity index (χ4v) is 2.58. The maximum Gasteiger partial charge on any atom is 0.416 e. The molecule has 2 amide bonds. The molecule has 9 heteroatoms. The maximum atomic E-state index is 13.0. The monoisotopic (exact) mass is 365 g/mol. The molecule has 5 nitrogen and oxygen atoms in total. The Morgan fingerprint density at radius 1 is 1.33 bits per heavy atom. The number of rotatable bonds is 3. The van der Waals surface area contributed by atoms with Gasteiger partial charge in [-0.1, -0.05) is 0 Å². The summed E-state index contributed by atoms with van der Waals surface area (Å²) < 4.78 is 39.0. The predicted octanol–water partition coefficient (Wildman–Crippen LogP) is 2.51. The second-order valence-corrected chi connectivity index (χ2v) is 5.62. The summed E-state index contributed by atoms with van der Waals surface area (Å²) in [6, 6.07) is 2.88. The molecule has 0 aromatic heterocycles. The molecule has 1 unspecified atom stereocenters. The van der Waals surface area contributed by atoms with Crippen molar-refractivity contribution in [3.8, 4) is 0 Å². The van der Waals surface area contributed by atoms with E-state index >= 15 is 0 Å². The Labute approximate surface area is 143 Å². The Hall–Kier alpha value is -1.80. The van der Waals surface area contributed by atoms with Crippen LogP contribution in [0.3, 0.4) is 0 Å². The minimum Gasteiger partial charge on any atom is -0.338 e. The number of nitrogens with one attached hydrogen (secondary N) is 1. The highest BCUT2D eigenvalue weighted by Gasteiger charge is 2.33. The lowest BCUT2D eigenvalue weighted by molar-refractivity contribution is -0.137. The molecule has 0 bridgehead atoms. The number of alkyl halides is 3. The number of nitrogens with zero attached hydrogens (tertiary/aromatic N) is 1. The molecule has 0 radical (unpaired) electrons. The zero-order valence-corrected chi connectivity index (χ0v) is 13.8. The van der Waals surface area contributed by atoms with Gasteiger partial charge in [0.1, 0.15) is 0 Å². The van der Waals surface area contributed by atoms with Crippen molar-refractivity contribution in [1.29, 1.82) is 0 Å². The highest BCUT2D eigenvalue weighted by Crippen LogP contribution is 2.32. The lowest BCUT2D eigenvalue weighted by atomic mass is 10.1. The largest absolute Gasteiger partial charge is 0.416 e. The van der Waals surface area contributed by atoms with E-state index in [9.17, 15) is 22.8 Å². The van der Waals surface area contributed by atoms with E-state index in [1.165, 1.54) is 17.9 Å². The number of likely N-dealkylation sites (tertiary alicyclic amines) is 1. The van der Waals surface area contributed by atoms with Gasteiger partial charge in [-0.2, -0.15) is 13.2 Å². The van der Waals surface area contributed by atoms with Gasteiger partial charge >= 0.3 is 6.18 Å². The summed E-state index contributed by atoms with van der Waals surface area (Å²) in [5, 5.41) is 2.29. The van der Waals surface area contributed by atoms with Crippen molar-refractivity contribution in [3.63, 3.8) is 0 Å². The number of anilines is 1. The van der Waals surface area contributed by atoms with Crippen molar-refractivity contribution in [2.75, 3.05) is 25.0 Å². The molecule has 1 aliphatic heterocycles. The van der Waals surface area contributed by atoms with Gasteiger partial charge in [0.15, 0.2) is 0 Å². The van der Waals surface area contributed by atoms with Crippen molar-refractivity contribution in [2.45, 2.75) is 19.5 Å². The number of hydrogen-bond donors (Lipinski definition) is 2. The van der Waals surface area contributed by atoms with E-state index < -0.39 is 23.6 Å². The van der Waals surface area contributed by atoms with Gasteiger partial charge in [0.05, 0.1) is 5.56 Å². The van der Waals surface area contributed by atoms with Crippen LogP contribution in [0.5, 0.6) is 0 Å². The molecule has 2 rings (SSSR count). The minimum absolute atomic E-state index is 0. The smallest absolute Gasteiger partial charge is 0.338 e. The number of benzene rings is 1. The number of amides is 2. The molecule has 1 saturated heterocycles.